The maximum atomic E-state index is 13.0. The van der Waals surface area contributed by atoms with E-state index < -0.39 is 17.5 Å². The van der Waals surface area contributed by atoms with E-state index in [1.807, 2.05) is 39.0 Å². The lowest BCUT2D eigenvalue weighted by atomic mass is 10.1. The number of nitrogens with zero attached hydrogens (tertiary/aromatic N) is 4. The van der Waals surface area contributed by atoms with Crippen molar-refractivity contribution in [3.05, 3.63) is 34.6 Å². The van der Waals surface area contributed by atoms with Crippen LogP contribution in [-0.4, -0.2) is 42.4 Å². The molecule has 0 fully saturated rings. The Morgan fingerprint density at radius 2 is 1.87 bits per heavy atom. The van der Waals surface area contributed by atoms with Crippen LogP contribution in [-0.2, 0) is 11.3 Å². The lowest BCUT2D eigenvalue weighted by Gasteiger charge is -2.20. The molecule has 0 aliphatic rings. The van der Waals surface area contributed by atoms with Gasteiger partial charge in [0.1, 0.15) is 0 Å². The lowest BCUT2D eigenvalue weighted by Crippen LogP contribution is -2.48. The summed E-state index contributed by atoms with van der Waals surface area (Å²) in [5.41, 5.74) is 0.130. The van der Waals surface area contributed by atoms with Gasteiger partial charge in [0, 0.05) is 12.1 Å². The fourth-order valence-corrected chi connectivity index (χ4v) is 3.82. The topological polar surface area (TPSA) is 110 Å². The molecular formula is C21H28N6O3S. The number of nitrogens with one attached hydrogen (secondary N) is 2. The van der Waals surface area contributed by atoms with Crippen LogP contribution in [0.5, 0.6) is 0 Å². The van der Waals surface area contributed by atoms with Gasteiger partial charge in [-0.3, -0.25) is 23.9 Å². The van der Waals surface area contributed by atoms with E-state index in [1.54, 1.807) is 15.0 Å². The Morgan fingerprint density at radius 3 is 2.55 bits per heavy atom. The maximum absolute atomic E-state index is 13.0. The van der Waals surface area contributed by atoms with E-state index >= 15 is 0 Å². The average molecular weight is 445 g/mol. The summed E-state index contributed by atoms with van der Waals surface area (Å²) < 4.78 is 3.43. The molecule has 2 heterocycles. The molecule has 0 unspecified atom stereocenters. The number of hydrogen-bond donors (Lipinski definition) is 2. The van der Waals surface area contributed by atoms with Gasteiger partial charge in [0.15, 0.2) is 5.16 Å². The monoisotopic (exact) mass is 444 g/mol. The van der Waals surface area contributed by atoms with E-state index in [9.17, 15) is 14.4 Å². The van der Waals surface area contributed by atoms with Crippen LogP contribution in [0.1, 0.15) is 41.0 Å². The Labute approximate surface area is 184 Å². The Hall–Kier alpha value is -2.88. The molecule has 0 spiro atoms. The molecule has 3 aromatic rings. The number of rotatable bonds is 6. The predicted molar refractivity (Wildman–Crippen MR) is 121 cm³/mol. The summed E-state index contributed by atoms with van der Waals surface area (Å²) in [5, 5.41) is 14.5. The van der Waals surface area contributed by atoms with Gasteiger partial charge in [-0.25, -0.2) is 4.79 Å². The van der Waals surface area contributed by atoms with Crippen LogP contribution in [0.3, 0.4) is 0 Å². The van der Waals surface area contributed by atoms with E-state index in [0.29, 0.717) is 34.3 Å². The zero-order valence-electron chi connectivity index (χ0n) is 18.4. The Morgan fingerprint density at radius 1 is 1.16 bits per heavy atom. The molecule has 31 heavy (non-hydrogen) atoms. The zero-order valence-corrected chi connectivity index (χ0v) is 19.2. The minimum Gasteiger partial charge on any atom is -0.333 e. The van der Waals surface area contributed by atoms with Gasteiger partial charge in [-0.15, -0.1) is 10.2 Å². The molecule has 166 valence electrons. The lowest BCUT2D eigenvalue weighted by molar-refractivity contribution is -0.117. The number of hydrogen-bond acceptors (Lipinski definition) is 6. The Kier molecular flexibility index (Phi) is 6.68. The van der Waals surface area contributed by atoms with Gasteiger partial charge in [0.25, 0.3) is 5.56 Å². The van der Waals surface area contributed by atoms with Crippen LogP contribution in [0.15, 0.2) is 34.2 Å². The van der Waals surface area contributed by atoms with Gasteiger partial charge in [-0.05, 0) is 45.2 Å². The number of benzene rings is 1. The van der Waals surface area contributed by atoms with E-state index in [0.717, 1.165) is 18.2 Å². The first-order valence-corrected chi connectivity index (χ1v) is 11.2. The van der Waals surface area contributed by atoms with Crippen molar-refractivity contribution in [1.82, 2.24) is 29.8 Å². The third-order valence-electron chi connectivity index (χ3n) is 4.48. The van der Waals surface area contributed by atoms with Crippen molar-refractivity contribution in [2.24, 2.45) is 5.92 Å². The first-order chi connectivity index (χ1) is 14.6. The van der Waals surface area contributed by atoms with Gasteiger partial charge < -0.3 is 5.32 Å². The van der Waals surface area contributed by atoms with Crippen molar-refractivity contribution < 1.29 is 9.59 Å². The molecule has 0 atom stereocenters. The number of imide groups is 1. The molecule has 10 heteroatoms. The highest BCUT2D eigenvalue weighted by molar-refractivity contribution is 7.99. The van der Waals surface area contributed by atoms with E-state index in [-0.39, 0.29) is 11.3 Å². The number of carbonyl (C=O) groups excluding carboxylic acids is 2. The molecule has 0 bridgehead atoms. The second kappa shape index (κ2) is 9.09. The van der Waals surface area contributed by atoms with Gasteiger partial charge in [-0.2, -0.15) is 0 Å². The van der Waals surface area contributed by atoms with E-state index in [1.165, 1.54) is 0 Å². The van der Waals surface area contributed by atoms with E-state index in [2.05, 4.69) is 34.7 Å². The fraction of sp³-hybridized carbons (Fsp3) is 0.476. The molecular weight excluding hydrogens is 416 g/mol. The highest BCUT2D eigenvalue weighted by Crippen LogP contribution is 2.21. The number of amides is 3. The van der Waals surface area contributed by atoms with Crippen LogP contribution in [0, 0.1) is 5.92 Å². The number of thioether (sulfide) groups is 1. The summed E-state index contributed by atoms with van der Waals surface area (Å²) in [7, 11) is 0. The normalized spacial score (nSPS) is 11.9. The quantitative estimate of drug-likeness (QED) is 0.566. The molecule has 1 aromatic carbocycles. The van der Waals surface area contributed by atoms with Crippen molar-refractivity contribution in [2.45, 2.75) is 58.3 Å². The van der Waals surface area contributed by atoms with Crippen molar-refractivity contribution in [3.8, 4) is 0 Å². The maximum Gasteiger partial charge on any atom is 0.321 e. The second-order valence-electron chi connectivity index (χ2n) is 8.82. The summed E-state index contributed by atoms with van der Waals surface area (Å²) in [6.45, 7) is 10.2. The molecule has 3 rings (SSSR count). The van der Waals surface area contributed by atoms with Gasteiger partial charge >= 0.3 is 6.03 Å². The molecule has 2 aromatic heterocycles. The van der Waals surface area contributed by atoms with Crippen molar-refractivity contribution >= 4 is 40.4 Å². The number of fused-ring (bicyclic) bond motifs is 3. The number of carbonyl (C=O) groups is 2. The van der Waals surface area contributed by atoms with Crippen molar-refractivity contribution in [3.63, 3.8) is 0 Å². The standard InChI is InChI=1S/C21H28N6O3S/c1-13(2)10-11-26-17(29)14-8-6-7-9-15(14)27-19(26)24-25-20(27)31-12-16(28)22-18(30)23-21(3,4)5/h6-9,13H,10-12H2,1-5H3,(H2,22,23,28,30). The Bertz CT molecular complexity index is 1180. The SMILES string of the molecule is CC(C)CCn1c(=O)c2ccccc2n2c(SCC(=O)NC(=O)NC(C)(C)C)nnc12. The molecule has 0 aliphatic heterocycles. The first kappa shape index (κ1) is 22.8. The van der Waals surface area contributed by atoms with Crippen LogP contribution in [0.4, 0.5) is 4.79 Å². The fourth-order valence-electron chi connectivity index (χ4n) is 3.08. The molecule has 3 amide bonds. The average Bonchev–Trinajstić information content (AvgIpc) is 3.08. The summed E-state index contributed by atoms with van der Waals surface area (Å²) >= 11 is 1.16. The van der Waals surface area contributed by atoms with Crippen molar-refractivity contribution in [2.75, 3.05) is 5.75 Å². The smallest absolute Gasteiger partial charge is 0.321 e. The third-order valence-corrected chi connectivity index (χ3v) is 5.41. The highest BCUT2D eigenvalue weighted by Gasteiger charge is 2.19. The van der Waals surface area contributed by atoms with Gasteiger partial charge in [-0.1, -0.05) is 37.7 Å². The van der Waals surface area contributed by atoms with Gasteiger partial charge in [0.2, 0.25) is 11.7 Å². The minimum atomic E-state index is -0.544. The van der Waals surface area contributed by atoms with Crippen LogP contribution < -0.4 is 16.2 Å². The van der Waals surface area contributed by atoms with E-state index in [4.69, 9.17) is 0 Å². The molecule has 0 radical (unpaired) electrons. The molecule has 0 saturated heterocycles. The third kappa shape index (κ3) is 5.43. The number of aryl methyl sites for hydroxylation is 1. The predicted octanol–water partition coefficient (Wildman–Crippen LogP) is 2.81. The molecule has 9 nitrogen and oxygen atoms in total. The summed E-state index contributed by atoms with van der Waals surface area (Å²) in [6, 6.07) is 6.73. The molecule has 2 N–H and O–H groups in total. The first-order valence-electron chi connectivity index (χ1n) is 10.2. The highest BCUT2D eigenvalue weighted by atomic mass is 32.2. The van der Waals surface area contributed by atoms with Crippen molar-refractivity contribution in [1.29, 1.82) is 0 Å². The summed E-state index contributed by atoms with van der Waals surface area (Å²) in [5.74, 6) is 0.412. The van der Waals surface area contributed by atoms with Crippen LogP contribution in [0.25, 0.3) is 16.7 Å². The molecule has 0 saturated carbocycles. The molecule has 0 aliphatic carbocycles. The number of urea groups is 1. The zero-order chi connectivity index (χ0) is 22.8. The van der Waals surface area contributed by atoms with Crippen LogP contribution in [0.2, 0.25) is 0 Å². The minimum absolute atomic E-state index is 0.0161. The number of aromatic nitrogens is 4. The van der Waals surface area contributed by atoms with Gasteiger partial charge in [0.05, 0.1) is 16.7 Å². The summed E-state index contributed by atoms with van der Waals surface area (Å²) in [6.07, 6.45) is 0.828. The largest absolute Gasteiger partial charge is 0.333 e. The Balaban J connectivity index is 1.89. The second-order valence-corrected chi connectivity index (χ2v) is 9.76. The summed E-state index contributed by atoms with van der Waals surface area (Å²) in [4.78, 5) is 37.2. The number of para-hydroxylation sites is 1. The van der Waals surface area contributed by atoms with Crippen LogP contribution >= 0.6 is 11.8 Å².